The molecule has 0 bridgehead atoms. The van der Waals surface area contributed by atoms with Gasteiger partial charge in [-0.25, -0.2) is 4.79 Å². The Kier molecular flexibility index (Phi) is 3.55. The largest absolute Gasteiger partial charge is 0.465 e. The zero-order valence-electron chi connectivity index (χ0n) is 11.8. The summed E-state index contributed by atoms with van der Waals surface area (Å²) in [5, 5.41) is 12.0. The lowest BCUT2D eigenvalue weighted by atomic mass is 9.87. The number of fused-ring (bicyclic) bond motifs is 1. The van der Waals surface area contributed by atoms with Crippen LogP contribution >= 0.6 is 0 Å². The minimum absolute atomic E-state index is 0.0745. The van der Waals surface area contributed by atoms with Gasteiger partial charge in [0.05, 0.1) is 6.04 Å². The first-order valence-corrected chi connectivity index (χ1v) is 7.07. The van der Waals surface area contributed by atoms with Crippen LogP contribution in [-0.4, -0.2) is 41.7 Å². The third-order valence-electron chi connectivity index (χ3n) is 4.26. The van der Waals surface area contributed by atoms with E-state index < -0.39 is 6.09 Å². The molecule has 0 aromatic heterocycles. The van der Waals surface area contributed by atoms with Crippen LogP contribution in [0.4, 0.5) is 4.79 Å². The molecule has 21 heavy (non-hydrogen) atoms. The maximum atomic E-state index is 11.3. The molecule has 6 nitrogen and oxygen atoms in total. The van der Waals surface area contributed by atoms with Gasteiger partial charge >= 0.3 is 6.09 Å². The smallest absolute Gasteiger partial charge is 0.407 e. The summed E-state index contributed by atoms with van der Waals surface area (Å²) in [4.78, 5) is 23.9. The fourth-order valence-electron chi connectivity index (χ4n) is 3.15. The predicted molar refractivity (Wildman–Crippen MR) is 75.0 cm³/mol. The minimum Gasteiger partial charge on any atom is -0.465 e. The lowest BCUT2D eigenvalue weighted by Crippen LogP contribution is -2.41. The fraction of sp³-hybridized carbons (Fsp3) is 0.467. The van der Waals surface area contributed by atoms with Gasteiger partial charge in [0.15, 0.2) is 0 Å². The van der Waals surface area contributed by atoms with E-state index in [2.05, 4.69) is 5.32 Å². The van der Waals surface area contributed by atoms with E-state index in [0.29, 0.717) is 19.5 Å². The molecule has 2 heterocycles. The van der Waals surface area contributed by atoms with Crippen molar-refractivity contribution in [3.8, 4) is 0 Å². The quantitative estimate of drug-likeness (QED) is 0.821. The molecule has 2 aliphatic rings. The number of nitrogens with one attached hydrogen (secondary N) is 1. The van der Waals surface area contributed by atoms with Crippen molar-refractivity contribution >= 4 is 12.0 Å². The number of ether oxygens (including phenoxy) is 1. The summed E-state index contributed by atoms with van der Waals surface area (Å²) in [6.07, 6.45) is -0.364. The highest BCUT2D eigenvalue weighted by Gasteiger charge is 2.31. The van der Waals surface area contributed by atoms with E-state index in [0.717, 1.165) is 16.7 Å². The van der Waals surface area contributed by atoms with Crippen molar-refractivity contribution in [3.05, 3.63) is 34.9 Å². The van der Waals surface area contributed by atoms with E-state index in [4.69, 9.17) is 4.74 Å². The molecular weight excluding hydrogens is 272 g/mol. The second-order valence-electron chi connectivity index (χ2n) is 5.42. The maximum Gasteiger partial charge on any atom is 0.407 e. The molecule has 2 amide bonds. The Hall–Kier alpha value is -2.08. The number of hydrogen-bond acceptors (Lipinski definition) is 3. The van der Waals surface area contributed by atoms with E-state index in [1.807, 2.05) is 25.1 Å². The number of hydrogen-bond donors (Lipinski definition) is 2. The van der Waals surface area contributed by atoms with Crippen LogP contribution in [0.1, 0.15) is 35.8 Å². The number of amides is 2. The lowest BCUT2D eigenvalue weighted by molar-refractivity contribution is -0.133. The first-order valence-electron chi connectivity index (χ1n) is 7.07. The van der Waals surface area contributed by atoms with Crippen molar-refractivity contribution in [2.75, 3.05) is 19.7 Å². The van der Waals surface area contributed by atoms with Crippen molar-refractivity contribution in [2.45, 2.75) is 25.5 Å². The molecule has 6 heteroatoms. The summed E-state index contributed by atoms with van der Waals surface area (Å²) >= 11 is 0. The molecule has 0 radical (unpaired) electrons. The molecule has 2 N–H and O–H groups in total. The van der Waals surface area contributed by atoms with Crippen molar-refractivity contribution < 1.29 is 19.4 Å². The van der Waals surface area contributed by atoms with Crippen molar-refractivity contribution in [1.29, 1.82) is 0 Å². The van der Waals surface area contributed by atoms with Gasteiger partial charge in [-0.15, -0.1) is 0 Å². The second-order valence-corrected chi connectivity index (χ2v) is 5.42. The van der Waals surface area contributed by atoms with Crippen molar-refractivity contribution in [2.24, 2.45) is 0 Å². The molecule has 0 aliphatic carbocycles. The predicted octanol–water partition coefficient (Wildman–Crippen LogP) is 1.47. The van der Waals surface area contributed by atoms with Crippen LogP contribution in [-0.2, 0) is 16.0 Å². The van der Waals surface area contributed by atoms with Gasteiger partial charge in [0.25, 0.3) is 0 Å². The van der Waals surface area contributed by atoms with Gasteiger partial charge in [-0.05, 0) is 30.0 Å². The van der Waals surface area contributed by atoms with Crippen molar-refractivity contribution in [1.82, 2.24) is 10.2 Å². The number of nitrogens with zero attached hydrogens (tertiary/aromatic N) is 1. The molecule has 3 rings (SSSR count). The van der Waals surface area contributed by atoms with Crippen molar-refractivity contribution in [3.63, 3.8) is 0 Å². The normalized spacial score (nSPS) is 25.2. The van der Waals surface area contributed by atoms with Gasteiger partial charge in [0.2, 0.25) is 5.91 Å². The zero-order valence-corrected chi connectivity index (χ0v) is 11.8. The molecule has 1 aromatic carbocycles. The number of carboxylic acid groups (broad SMARTS) is 1. The fourth-order valence-corrected chi connectivity index (χ4v) is 3.15. The average Bonchev–Trinajstić information content (AvgIpc) is 2.48. The number of benzene rings is 1. The van der Waals surface area contributed by atoms with Crippen LogP contribution in [0, 0.1) is 0 Å². The van der Waals surface area contributed by atoms with Gasteiger partial charge in [-0.3, -0.25) is 4.79 Å². The number of carbonyl (C=O) groups excluding carboxylic acids is 1. The Bertz CT molecular complexity index is 577. The Morgan fingerprint density at radius 2 is 2.19 bits per heavy atom. The van der Waals surface area contributed by atoms with E-state index in [9.17, 15) is 14.7 Å². The second kappa shape index (κ2) is 5.37. The highest BCUT2D eigenvalue weighted by atomic mass is 16.5. The van der Waals surface area contributed by atoms with Gasteiger partial charge in [0.1, 0.15) is 12.7 Å². The molecule has 1 aromatic rings. The van der Waals surface area contributed by atoms with Crippen LogP contribution < -0.4 is 5.32 Å². The third-order valence-corrected chi connectivity index (χ3v) is 4.26. The Labute approximate surface area is 122 Å². The molecule has 1 unspecified atom stereocenters. The summed E-state index contributed by atoms with van der Waals surface area (Å²) in [6.45, 7) is 2.93. The van der Waals surface area contributed by atoms with Gasteiger partial charge in [-0.2, -0.15) is 0 Å². The maximum absolute atomic E-state index is 11.3. The summed E-state index contributed by atoms with van der Waals surface area (Å²) in [7, 11) is 0. The summed E-state index contributed by atoms with van der Waals surface area (Å²) < 4.78 is 5.61. The topological polar surface area (TPSA) is 78.9 Å². The molecule has 2 atom stereocenters. The standard InChI is InChI=1S/C15H18N2O4/c1-9-10-3-2-4-12(13-7-16-14(18)8-21-13)11(10)5-6-17(9)15(19)20/h2-4,9,13H,5-8H2,1H3,(H,16,18)(H,19,20)/t9-,13?/m0/s1. The van der Waals surface area contributed by atoms with Crippen LogP contribution in [0.2, 0.25) is 0 Å². The molecular formula is C15H18N2O4. The van der Waals surface area contributed by atoms with Gasteiger partial charge < -0.3 is 20.1 Å². The average molecular weight is 290 g/mol. The number of carbonyl (C=O) groups is 2. The Morgan fingerprint density at radius 3 is 2.86 bits per heavy atom. The zero-order chi connectivity index (χ0) is 15.0. The Balaban J connectivity index is 1.92. The van der Waals surface area contributed by atoms with Crippen LogP contribution in [0.25, 0.3) is 0 Å². The van der Waals surface area contributed by atoms with E-state index in [1.165, 1.54) is 4.90 Å². The van der Waals surface area contributed by atoms with Crippen LogP contribution in [0.15, 0.2) is 18.2 Å². The third kappa shape index (κ3) is 2.47. The highest BCUT2D eigenvalue weighted by molar-refractivity contribution is 5.77. The monoisotopic (exact) mass is 290 g/mol. The molecule has 2 aliphatic heterocycles. The summed E-state index contributed by atoms with van der Waals surface area (Å²) in [6, 6.07) is 5.74. The summed E-state index contributed by atoms with van der Waals surface area (Å²) in [5.41, 5.74) is 3.25. The lowest BCUT2D eigenvalue weighted by Gasteiger charge is -2.35. The molecule has 1 saturated heterocycles. The first kappa shape index (κ1) is 13.9. The molecule has 0 saturated carbocycles. The molecule has 0 spiro atoms. The highest BCUT2D eigenvalue weighted by Crippen LogP contribution is 2.34. The first-order chi connectivity index (χ1) is 10.1. The van der Waals surface area contributed by atoms with Gasteiger partial charge in [-0.1, -0.05) is 18.2 Å². The van der Waals surface area contributed by atoms with E-state index in [-0.39, 0.29) is 24.7 Å². The van der Waals surface area contributed by atoms with Gasteiger partial charge in [0, 0.05) is 13.1 Å². The summed E-state index contributed by atoms with van der Waals surface area (Å²) in [5.74, 6) is -0.0959. The van der Waals surface area contributed by atoms with Crippen LogP contribution in [0.5, 0.6) is 0 Å². The number of rotatable bonds is 1. The number of morpholine rings is 1. The Morgan fingerprint density at radius 1 is 1.43 bits per heavy atom. The van der Waals surface area contributed by atoms with E-state index >= 15 is 0 Å². The van der Waals surface area contributed by atoms with Crippen LogP contribution in [0.3, 0.4) is 0 Å². The SMILES string of the molecule is C[C@H]1c2cccc(C3CNC(=O)CO3)c2CCN1C(=O)O. The minimum atomic E-state index is -0.889. The molecule has 112 valence electrons. The molecule has 1 fully saturated rings. The van der Waals surface area contributed by atoms with E-state index in [1.54, 1.807) is 0 Å².